The monoisotopic (exact) mass is 584 g/mol. The molecule has 0 atom stereocenters. The fraction of sp³-hybridized carbons (Fsp3) is 0. The van der Waals surface area contributed by atoms with Gasteiger partial charge in [-0.1, -0.05) is 127 Å². The van der Waals surface area contributed by atoms with Gasteiger partial charge < -0.3 is 9.13 Å². The summed E-state index contributed by atoms with van der Waals surface area (Å²) in [6, 6.07) is 61.9. The van der Waals surface area contributed by atoms with E-state index in [1.54, 1.807) is 0 Å². The lowest BCUT2D eigenvalue weighted by Gasteiger charge is -2.14. The van der Waals surface area contributed by atoms with Crippen molar-refractivity contribution in [2.45, 2.75) is 0 Å². The molecule has 2 aromatic heterocycles. The van der Waals surface area contributed by atoms with Crippen LogP contribution in [0.1, 0.15) is 0 Å². The third-order valence-corrected chi connectivity index (χ3v) is 9.69. The van der Waals surface area contributed by atoms with Crippen LogP contribution in [0.3, 0.4) is 0 Å². The second kappa shape index (κ2) is 9.69. The largest absolute Gasteiger partial charge is 0.309 e. The van der Waals surface area contributed by atoms with Crippen LogP contribution >= 0.6 is 0 Å². The van der Waals surface area contributed by atoms with Gasteiger partial charge in [0.05, 0.1) is 27.8 Å². The number of nitrogens with zero attached hydrogens (tertiary/aromatic N) is 2. The molecule has 0 saturated carbocycles. The standard InChI is InChI=1S/C44H28N2/c1-2-11-29(12-3-1)30-23-25-33(26-24-30)45-37-18-8-6-16-35(37)43-40(45)27-28-41-44(43)36-17-7-9-19-38(36)46(41)39-20-10-14-32-22-21-31-13-4-5-15-34(31)42(32)39/h1-28H. The average Bonchev–Trinajstić information content (AvgIpc) is 3.64. The van der Waals surface area contributed by atoms with Crippen molar-refractivity contribution in [2.75, 3.05) is 0 Å². The Bertz CT molecular complexity index is 2780. The van der Waals surface area contributed by atoms with Crippen molar-refractivity contribution in [1.82, 2.24) is 9.13 Å². The maximum Gasteiger partial charge on any atom is 0.0549 e. The van der Waals surface area contributed by atoms with E-state index in [-0.39, 0.29) is 0 Å². The Labute approximate surface area is 266 Å². The minimum absolute atomic E-state index is 1.16. The van der Waals surface area contributed by atoms with Gasteiger partial charge in [0.1, 0.15) is 0 Å². The molecule has 0 aliphatic carbocycles. The topological polar surface area (TPSA) is 9.86 Å². The number of aromatic nitrogens is 2. The van der Waals surface area contributed by atoms with E-state index in [1.807, 2.05) is 0 Å². The van der Waals surface area contributed by atoms with E-state index in [4.69, 9.17) is 0 Å². The molecule has 0 fully saturated rings. The Balaban J connectivity index is 1.31. The van der Waals surface area contributed by atoms with Crippen molar-refractivity contribution in [1.29, 1.82) is 0 Å². The van der Waals surface area contributed by atoms with Gasteiger partial charge in [-0.3, -0.25) is 0 Å². The number of rotatable bonds is 3. The van der Waals surface area contributed by atoms with Crippen LogP contribution in [-0.2, 0) is 0 Å². The fourth-order valence-electron chi connectivity index (χ4n) is 7.72. The third kappa shape index (κ3) is 3.53. The number of para-hydroxylation sites is 2. The van der Waals surface area contributed by atoms with Crippen LogP contribution in [0.15, 0.2) is 170 Å². The van der Waals surface area contributed by atoms with Gasteiger partial charge in [-0.2, -0.15) is 0 Å². The minimum Gasteiger partial charge on any atom is -0.309 e. The molecule has 10 aromatic rings. The molecular weight excluding hydrogens is 556 g/mol. The molecular formula is C44H28N2. The fourth-order valence-corrected chi connectivity index (χ4v) is 7.72. The average molecular weight is 585 g/mol. The van der Waals surface area contributed by atoms with E-state index < -0.39 is 0 Å². The summed E-state index contributed by atoms with van der Waals surface area (Å²) >= 11 is 0. The molecule has 10 rings (SSSR count). The molecule has 2 nitrogen and oxygen atoms in total. The summed E-state index contributed by atoms with van der Waals surface area (Å²) in [7, 11) is 0. The molecule has 8 aromatic carbocycles. The highest BCUT2D eigenvalue weighted by Crippen LogP contribution is 2.43. The highest BCUT2D eigenvalue weighted by Gasteiger charge is 2.21. The Morgan fingerprint density at radius 3 is 1.57 bits per heavy atom. The molecule has 0 spiro atoms. The zero-order valence-corrected chi connectivity index (χ0v) is 25.1. The van der Waals surface area contributed by atoms with Crippen molar-refractivity contribution in [3.8, 4) is 22.5 Å². The van der Waals surface area contributed by atoms with Crippen molar-refractivity contribution >= 4 is 65.2 Å². The number of benzene rings is 8. The maximum absolute atomic E-state index is 2.49. The van der Waals surface area contributed by atoms with Crippen LogP contribution in [0.4, 0.5) is 0 Å². The van der Waals surface area contributed by atoms with Gasteiger partial charge >= 0.3 is 0 Å². The normalized spacial score (nSPS) is 11.9. The second-order valence-electron chi connectivity index (χ2n) is 12.1. The third-order valence-electron chi connectivity index (χ3n) is 9.69. The maximum atomic E-state index is 2.49. The lowest BCUT2D eigenvalue weighted by atomic mass is 10.0. The predicted octanol–water partition coefficient (Wildman–Crippen LogP) is 11.9. The highest BCUT2D eigenvalue weighted by molar-refractivity contribution is 6.29. The molecule has 0 unspecified atom stereocenters. The van der Waals surface area contributed by atoms with Crippen molar-refractivity contribution < 1.29 is 0 Å². The summed E-state index contributed by atoms with van der Waals surface area (Å²) in [5.74, 6) is 0. The first-order chi connectivity index (χ1) is 22.8. The SMILES string of the molecule is c1ccc(-c2ccc(-n3c4ccccc4c4c5c6ccccc6n(-c6cccc7ccc8ccccc8c67)c5ccc43)cc2)cc1. The summed E-state index contributed by atoms with van der Waals surface area (Å²) in [6.45, 7) is 0. The lowest BCUT2D eigenvalue weighted by molar-refractivity contribution is 1.18. The molecule has 0 aliphatic rings. The summed E-state index contributed by atoms with van der Waals surface area (Å²) < 4.78 is 4.91. The smallest absolute Gasteiger partial charge is 0.0549 e. The second-order valence-corrected chi connectivity index (χ2v) is 12.1. The van der Waals surface area contributed by atoms with Gasteiger partial charge in [0, 0.05) is 32.6 Å². The molecule has 46 heavy (non-hydrogen) atoms. The van der Waals surface area contributed by atoms with E-state index in [9.17, 15) is 0 Å². The Morgan fingerprint density at radius 1 is 0.283 bits per heavy atom. The first-order valence-electron chi connectivity index (χ1n) is 15.9. The van der Waals surface area contributed by atoms with Crippen LogP contribution in [-0.4, -0.2) is 9.13 Å². The van der Waals surface area contributed by atoms with Crippen LogP contribution in [0, 0.1) is 0 Å². The molecule has 0 aliphatic heterocycles. The van der Waals surface area contributed by atoms with Gasteiger partial charge in [0.15, 0.2) is 0 Å². The molecule has 2 heterocycles. The molecule has 0 N–H and O–H groups in total. The van der Waals surface area contributed by atoms with Gasteiger partial charge in [-0.15, -0.1) is 0 Å². The van der Waals surface area contributed by atoms with Crippen LogP contribution < -0.4 is 0 Å². The molecule has 0 radical (unpaired) electrons. The van der Waals surface area contributed by atoms with E-state index in [0.717, 1.165) is 5.69 Å². The van der Waals surface area contributed by atoms with E-state index >= 15 is 0 Å². The van der Waals surface area contributed by atoms with E-state index in [0.29, 0.717) is 0 Å². The zero-order valence-electron chi connectivity index (χ0n) is 25.1. The van der Waals surface area contributed by atoms with Crippen LogP contribution in [0.5, 0.6) is 0 Å². The first-order valence-corrected chi connectivity index (χ1v) is 15.9. The first kappa shape index (κ1) is 25.2. The van der Waals surface area contributed by atoms with E-state index in [1.165, 1.54) is 82.0 Å². The Kier molecular flexibility index (Phi) is 5.31. The quantitative estimate of drug-likeness (QED) is 0.183. The van der Waals surface area contributed by atoms with E-state index in [2.05, 4.69) is 179 Å². The summed E-state index contributed by atoms with van der Waals surface area (Å²) in [6.07, 6.45) is 0. The van der Waals surface area contributed by atoms with Gasteiger partial charge in [0.25, 0.3) is 0 Å². The van der Waals surface area contributed by atoms with Crippen molar-refractivity contribution in [3.05, 3.63) is 170 Å². The molecule has 2 heteroatoms. The van der Waals surface area contributed by atoms with Gasteiger partial charge in [0.2, 0.25) is 0 Å². The summed E-state index contributed by atoms with van der Waals surface area (Å²) in [4.78, 5) is 0. The lowest BCUT2D eigenvalue weighted by Crippen LogP contribution is -1.96. The number of hydrogen-bond acceptors (Lipinski definition) is 0. The van der Waals surface area contributed by atoms with Gasteiger partial charge in [-0.05, 0) is 69.8 Å². The zero-order chi connectivity index (χ0) is 30.2. The molecule has 0 saturated heterocycles. The minimum atomic E-state index is 1.16. The predicted molar refractivity (Wildman–Crippen MR) is 196 cm³/mol. The van der Waals surface area contributed by atoms with Crippen LogP contribution in [0.2, 0.25) is 0 Å². The van der Waals surface area contributed by atoms with Crippen molar-refractivity contribution in [2.24, 2.45) is 0 Å². The summed E-state index contributed by atoms with van der Waals surface area (Å²) in [5.41, 5.74) is 9.68. The van der Waals surface area contributed by atoms with Crippen molar-refractivity contribution in [3.63, 3.8) is 0 Å². The Morgan fingerprint density at radius 2 is 0.826 bits per heavy atom. The number of hydrogen-bond donors (Lipinski definition) is 0. The molecule has 214 valence electrons. The molecule has 0 bridgehead atoms. The Hall–Kier alpha value is -6.12. The van der Waals surface area contributed by atoms with Gasteiger partial charge in [-0.25, -0.2) is 0 Å². The number of fused-ring (bicyclic) bond motifs is 10. The molecule has 0 amide bonds. The summed E-state index contributed by atoms with van der Waals surface area (Å²) in [5, 5.41) is 10.2. The van der Waals surface area contributed by atoms with Crippen LogP contribution in [0.25, 0.3) is 87.7 Å². The highest BCUT2D eigenvalue weighted by atomic mass is 15.0.